The molecular formula is C16H20ClNO3S. The number of aromatic carboxylic acids is 1. The summed E-state index contributed by atoms with van der Waals surface area (Å²) in [4.78, 5) is 22.9. The molecule has 0 heterocycles. The van der Waals surface area contributed by atoms with Gasteiger partial charge in [-0.3, -0.25) is 4.79 Å². The van der Waals surface area contributed by atoms with Gasteiger partial charge in [0.25, 0.3) is 0 Å². The molecule has 1 amide bonds. The second-order valence-corrected chi connectivity index (χ2v) is 7.24. The molecular weight excluding hydrogens is 322 g/mol. The highest BCUT2D eigenvalue weighted by Crippen LogP contribution is 2.29. The van der Waals surface area contributed by atoms with Gasteiger partial charge in [0, 0.05) is 17.4 Å². The molecule has 4 nitrogen and oxygen atoms in total. The molecule has 0 bridgehead atoms. The van der Waals surface area contributed by atoms with Crippen LogP contribution in [0.2, 0.25) is 5.02 Å². The first kappa shape index (κ1) is 17.2. The van der Waals surface area contributed by atoms with E-state index in [9.17, 15) is 9.59 Å². The largest absolute Gasteiger partial charge is 0.478 e. The third-order valence-corrected chi connectivity index (χ3v) is 5.43. The second kappa shape index (κ2) is 8.44. The van der Waals surface area contributed by atoms with Crippen LogP contribution in [0, 0.1) is 0 Å². The highest BCUT2D eigenvalue weighted by molar-refractivity contribution is 7.99. The molecule has 1 fully saturated rings. The topological polar surface area (TPSA) is 66.4 Å². The van der Waals surface area contributed by atoms with Gasteiger partial charge in [0.15, 0.2) is 0 Å². The van der Waals surface area contributed by atoms with E-state index in [4.69, 9.17) is 16.7 Å². The Hall–Kier alpha value is -1.20. The van der Waals surface area contributed by atoms with Crippen molar-refractivity contribution in [3.63, 3.8) is 0 Å². The fourth-order valence-electron chi connectivity index (χ4n) is 2.52. The zero-order valence-corrected chi connectivity index (χ0v) is 13.9. The van der Waals surface area contributed by atoms with Gasteiger partial charge in [0.1, 0.15) is 0 Å². The molecule has 0 aromatic heterocycles. The predicted molar refractivity (Wildman–Crippen MR) is 91.0 cm³/mol. The number of carbonyl (C=O) groups excluding carboxylic acids is 1. The van der Waals surface area contributed by atoms with Gasteiger partial charge in [-0.2, -0.15) is 11.8 Å². The SMILES string of the molecule is O=C(CCSC1CCCCC1)Nc1cc(C(=O)O)ccc1Cl. The summed E-state index contributed by atoms with van der Waals surface area (Å²) in [6.45, 7) is 0. The lowest BCUT2D eigenvalue weighted by atomic mass is 10.0. The number of rotatable bonds is 6. The number of amides is 1. The molecule has 2 N–H and O–H groups in total. The van der Waals surface area contributed by atoms with Crippen molar-refractivity contribution in [1.29, 1.82) is 0 Å². The van der Waals surface area contributed by atoms with E-state index in [0.717, 1.165) is 5.75 Å². The van der Waals surface area contributed by atoms with E-state index < -0.39 is 5.97 Å². The molecule has 1 aromatic carbocycles. The maximum atomic E-state index is 12.0. The lowest BCUT2D eigenvalue weighted by Gasteiger charge is -2.20. The zero-order valence-electron chi connectivity index (χ0n) is 12.3. The summed E-state index contributed by atoms with van der Waals surface area (Å²) in [6.07, 6.45) is 6.82. The number of thioether (sulfide) groups is 1. The van der Waals surface area contributed by atoms with Crippen LogP contribution in [0.1, 0.15) is 48.9 Å². The second-order valence-electron chi connectivity index (χ2n) is 5.43. The average Bonchev–Trinajstić information content (AvgIpc) is 2.50. The first-order valence-electron chi connectivity index (χ1n) is 7.50. The van der Waals surface area contributed by atoms with Crippen LogP contribution in [0.25, 0.3) is 0 Å². The number of benzene rings is 1. The van der Waals surface area contributed by atoms with Crippen molar-refractivity contribution in [2.75, 3.05) is 11.1 Å². The summed E-state index contributed by atoms with van der Waals surface area (Å²) < 4.78 is 0. The quantitative estimate of drug-likeness (QED) is 0.803. The summed E-state index contributed by atoms with van der Waals surface area (Å²) in [7, 11) is 0. The van der Waals surface area contributed by atoms with Gasteiger partial charge >= 0.3 is 5.97 Å². The predicted octanol–water partition coefficient (Wildman–Crippen LogP) is 4.43. The van der Waals surface area contributed by atoms with Gasteiger partial charge < -0.3 is 10.4 Å². The van der Waals surface area contributed by atoms with E-state index in [-0.39, 0.29) is 11.5 Å². The number of carbonyl (C=O) groups is 2. The molecule has 0 unspecified atom stereocenters. The van der Waals surface area contributed by atoms with E-state index in [0.29, 0.717) is 22.4 Å². The van der Waals surface area contributed by atoms with Gasteiger partial charge in [-0.25, -0.2) is 4.79 Å². The van der Waals surface area contributed by atoms with E-state index in [1.54, 1.807) is 0 Å². The Bertz CT molecular complexity index is 544. The Morgan fingerprint density at radius 1 is 1.27 bits per heavy atom. The van der Waals surface area contributed by atoms with Crippen molar-refractivity contribution in [2.24, 2.45) is 0 Å². The summed E-state index contributed by atoms with van der Waals surface area (Å²) in [5, 5.41) is 12.7. The molecule has 0 spiro atoms. The van der Waals surface area contributed by atoms with Crippen LogP contribution in [-0.4, -0.2) is 28.0 Å². The van der Waals surface area contributed by atoms with Gasteiger partial charge in [-0.1, -0.05) is 30.9 Å². The molecule has 22 heavy (non-hydrogen) atoms. The van der Waals surface area contributed by atoms with Gasteiger partial charge in [0.2, 0.25) is 5.91 Å². The van der Waals surface area contributed by atoms with Gasteiger partial charge in [0.05, 0.1) is 16.3 Å². The number of hydrogen-bond donors (Lipinski definition) is 2. The number of carboxylic acids is 1. The first-order valence-corrected chi connectivity index (χ1v) is 8.93. The Labute approximate surface area is 139 Å². The standard InChI is InChI=1S/C16H20ClNO3S/c17-13-7-6-11(16(20)21)10-14(13)18-15(19)8-9-22-12-4-2-1-3-5-12/h6-7,10,12H,1-5,8-9H2,(H,18,19)(H,20,21). The number of halogens is 1. The minimum atomic E-state index is -1.04. The van der Waals surface area contributed by atoms with Crippen molar-refractivity contribution in [3.8, 4) is 0 Å². The number of nitrogens with one attached hydrogen (secondary N) is 1. The summed E-state index contributed by atoms with van der Waals surface area (Å²) in [6, 6.07) is 4.29. The van der Waals surface area contributed by atoms with Crippen LogP contribution in [0.3, 0.4) is 0 Å². The summed E-state index contributed by atoms with van der Waals surface area (Å²) in [5.74, 6) is -0.389. The minimum Gasteiger partial charge on any atom is -0.478 e. The third kappa shape index (κ3) is 5.21. The third-order valence-electron chi connectivity index (χ3n) is 3.72. The highest BCUT2D eigenvalue weighted by Gasteiger charge is 2.15. The Morgan fingerprint density at radius 2 is 2.00 bits per heavy atom. The van der Waals surface area contributed by atoms with Crippen LogP contribution in [0.4, 0.5) is 5.69 Å². The fraction of sp³-hybridized carbons (Fsp3) is 0.500. The zero-order chi connectivity index (χ0) is 15.9. The number of carboxylic acid groups (broad SMARTS) is 1. The number of anilines is 1. The molecule has 1 aromatic rings. The van der Waals surface area contributed by atoms with Crippen LogP contribution < -0.4 is 5.32 Å². The first-order chi connectivity index (χ1) is 10.6. The average molecular weight is 342 g/mol. The molecule has 2 rings (SSSR count). The van der Waals surface area contributed by atoms with Crippen molar-refractivity contribution < 1.29 is 14.7 Å². The highest BCUT2D eigenvalue weighted by atomic mass is 35.5. The lowest BCUT2D eigenvalue weighted by Crippen LogP contribution is -2.15. The van der Waals surface area contributed by atoms with Gasteiger partial charge in [-0.15, -0.1) is 0 Å². The van der Waals surface area contributed by atoms with Crippen LogP contribution in [0.5, 0.6) is 0 Å². The molecule has 0 atom stereocenters. The molecule has 0 saturated heterocycles. The van der Waals surface area contributed by atoms with E-state index in [2.05, 4.69) is 5.32 Å². The van der Waals surface area contributed by atoms with E-state index in [1.165, 1.54) is 50.3 Å². The maximum absolute atomic E-state index is 12.0. The lowest BCUT2D eigenvalue weighted by molar-refractivity contribution is -0.115. The van der Waals surface area contributed by atoms with Crippen LogP contribution >= 0.6 is 23.4 Å². The maximum Gasteiger partial charge on any atom is 0.335 e. The summed E-state index contributed by atoms with van der Waals surface area (Å²) >= 11 is 7.85. The molecule has 120 valence electrons. The molecule has 1 aliphatic rings. The Balaban J connectivity index is 1.81. The smallest absolute Gasteiger partial charge is 0.335 e. The van der Waals surface area contributed by atoms with Crippen molar-refractivity contribution in [1.82, 2.24) is 0 Å². The normalized spacial score (nSPS) is 15.5. The monoisotopic (exact) mass is 341 g/mol. The number of hydrogen-bond acceptors (Lipinski definition) is 3. The Kier molecular flexibility index (Phi) is 6.58. The van der Waals surface area contributed by atoms with Crippen molar-refractivity contribution >= 4 is 40.9 Å². The van der Waals surface area contributed by atoms with Crippen molar-refractivity contribution in [2.45, 2.75) is 43.8 Å². The molecule has 1 saturated carbocycles. The molecule has 0 aliphatic heterocycles. The molecule has 1 aliphatic carbocycles. The molecule has 0 radical (unpaired) electrons. The molecule has 6 heteroatoms. The Morgan fingerprint density at radius 3 is 2.68 bits per heavy atom. The summed E-state index contributed by atoms with van der Waals surface area (Å²) in [5.41, 5.74) is 0.463. The van der Waals surface area contributed by atoms with Crippen LogP contribution in [-0.2, 0) is 4.79 Å². The van der Waals surface area contributed by atoms with Gasteiger partial charge in [-0.05, 0) is 31.0 Å². The fourth-order valence-corrected chi connectivity index (χ4v) is 3.98. The van der Waals surface area contributed by atoms with Crippen molar-refractivity contribution in [3.05, 3.63) is 28.8 Å². The minimum absolute atomic E-state index is 0.108. The van der Waals surface area contributed by atoms with E-state index in [1.807, 2.05) is 11.8 Å². The van der Waals surface area contributed by atoms with E-state index >= 15 is 0 Å². The van der Waals surface area contributed by atoms with Crippen LogP contribution in [0.15, 0.2) is 18.2 Å².